The van der Waals surface area contributed by atoms with Crippen LogP contribution in [0.1, 0.15) is 19.5 Å². The third-order valence-electron chi connectivity index (χ3n) is 2.32. The summed E-state index contributed by atoms with van der Waals surface area (Å²) < 4.78 is 0. The van der Waals surface area contributed by atoms with E-state index in [4.69, 9.17) is 5.73 Å². The molecule has 0 bridgehead atoms. The van der Waals surface area contributed by atoms with Crippen LogP contribution in [0.3, 0.4) is 0 Å². The van der Waals surface area contributed by atoms with Gasteiger partial charge in [-0.1, -0.05) is 13.8 Å². The van der Waals surface area contributed by atoms with Gasteiger partial charge in [0.25, 0.3) is 0 Å². The third kappa shape index (κ3) is 2.73. The first-order chi connectivity index (χ1) is 6.27. The Kier molecular flexibility index (Phi) is 3.76. The van der Waals surface area contributed by atoms with Crippen LogP contribution < -0.4 is 5.73 Å². The van der Waals surface area contributed by atoms with Gasteiger partial charge in [-0.05, 0) is 13.1 Å². The lowest BCUT2D eigenvalue weighted by Crippen LogP contribution is -2.25. The number of hydrogen-bond acceptors (Lipinski definition) is 3. The second-order valence-corrected chi connectivity index (χ2v) is 3.08. The maximum absolute atomic E-state index is 5.70. The summed E-state index contributed by atoms with van der Waals surface area (Å²) in [5.41, 5.74) is 7.52. The lowest BCUT2D eigenvalue weighted by Gasteiger charge is -2.17. The minimum atomic E-state index is 0.771. The summed E-state index contributed by atoms with van der Waals surface area (Å²) in [7, 11) is 0. The van der Waals surface area contributed by atoms with Crippen LogP contribution in [0.2, 0.25) is 0 Å². The normalized spacial score (nSPS) is 11.0. The lowest BCUT2D eigenvalue weighted by molar-refractivity contribution is 0.307. The molecule has 74 valence electrons. The number of rotatable bonds is 5. The standard InChI is InChI=1S/C9H18N4/c1-3-13(4-2)6-5-9-8(10)7-11-12-9/h7H,3-6,10H2,1-2H3,(H,11,12). The molecule has 0 unspecified atom stereocenters. The SMILES string of the molecule is CCN(CC)CCc1[nH]ncc1N. The molecule has 0 aliphatic heterocycles. The molecule has 1 heterocycles. The van der Waals surface area contributed by atoms with Gasteiger partial charge in [0.05, 0.1) is 17.6 Å². The van der Waals surface area contributed by atoms with E-state index in [1.165, 1.54) is 0 Å². The molecule has 0 radical (unpaired) electrons. The largest absolute Gasteiger partial charge is 0.396 e. The summed E-state index contributed by atoms with van der Waals surface area (Å²) in [6, 6.07) is 0. The molecule has 1 aromatic heterocycles. The van der Waals surface area contributed by atoms with E-state index in [-0.39, 0.29) is 0 Å². The van der Waals surface area contributed by atoms with Crippen LogP contribution in [-0.2, 0) is 6.42 Å². The van der Waals surface area contributed by atoms with Crippen molar-refractivity contribution in [2.75, 3.05) is 25.4 Å². The van der Waals surface area contributed by atoms with E-state index < -0.39 is 0 Å². The molecule has 13 heavy (non-hydrogen) atoms. The molecule has 0 aliphatic carbocycles. The average molecular weight is 182 g/mol. The molecule has 0 saturated carbocycles. The predicted octanol–water partition coefficient (Wildman–Crippen LogP) is 0.876. The third-order valence-corrected chi connectivity index (χ3v) is 2.32. The highest BCUT2D eigenvalue weighted by atomic mass is 15.1. The predicted molar refractivity (Wildman–Crippen MR) is 54.5 cm³/mol. The van der Waals surface area contributed by atoms with Crippen LogP contribution in [0.15, 0.2) is 6.20 Å². The molecular formula is C9H18N4. The Balaban J connectivity index is 2.38. The molecule has 4 nitrogen and oxygen atoms in total. The Labute approximate surface area is 79.1 Å². The van der Waals surface area contributed by atoms with Gasteiger partial charge in [-0.25, -0.2) is 0 Å². The quantitative estimate of drug-likeness (QED) is 0.710. The fourth-order valence-corrected chi connectivity index (χ4v) is 1.33. The van der Waals surface area contributed by atoms with Crippen molar-refractivity contribution in [1.82, 2.24) is 15.1 Å². The van der Waals surface area contributed by atoms with E-state index in [0.29, 0.717) is 0 Å². The number of nitrogen functional groups attached to an aromatic ring is 1. The van der Waals surface area contributed by atoms with E-state index in [1.807, 2.05) is 0 Å². The maximum atomic E-state index is 5.70. The summed E-state index contributed by atoms with van der Waals surface area (Å²) in [6.45, 7) is 7.55. The van der Waals surface area contributed by atoms with Gasteiger partial charge in [0.1, 0.15) is 0 Å². The Morgan fingerprint density at radius 3 is 2.62 bits per heavy atom. The molecule has 3 N–H and O–H groups in total. The minimum Gasteiger partial charge on any atom is -0.396 e. The highest BCUT2D eigenvalue weighted by Gasteiger charge is 2.03. The van der Waals surface area contributed by atoms with E-state index in [0.717, 1.165) is 37.4 Å². The van der Waals surface area contributed by atoms with Gasteiger partial charge >= 0.3 is 0 Å². The summed E-state index contributed by atoms with van der Waals surface area (Å²) in [6.07, 6.45) is 2.62. The second-order valence-electron chi connectivity index (χ2n) is 3.08. The first-order valence-electron chi connectivity index (χ1n) is 4.78. The number of nitrogens with zero attached hydrogens (tertiary/aromatic N) is 2. The van der Waals surface area contributed by atoms with Crippen LogP contribution in [0.4, 0.5) is 5.69 Å². The van der Waals surface area contributed by atoms with Gasteiger partial charge in [0, 0.05) is 13.0 Å². The zero-order valence-electron chi connectivity index (χ0n) is 8.38. The summed E-state index contributed by atoms with van der Waals surface area (Å²) in [4.78, 5) is 2.36. The Morgan fingerprint density at radius 2 is 2.15 bits per heavy atom. The minimum absolute atomic E-state index is 0.771. The fourth-order valence-electron chi connectivity index (χ4n) is 1.33. The molecule has 4 heteroatoms. The highest BCUT2D eigenvalue weighted by molar-refractivity contribution is 5.39. The van der Waals surface area contributed by atoms with Crippen molar-refractivity contribution in [3.05, 3.63) is 11.9 Å². The van der Waals surface area contributed by atoms with E-state index in [2.05, 4.69) is 28.9 Å². The monoisotopic (exact) mass is 182 g/mol. The number of hydrogen-bond donors (Lipinski definition) is 2. The van der Waals surface area contributed by atoms with E-state index >= 15 is 0 Å². The first-order valence-corrected chi connectivity index (χ1v) is 4.78. The molecule has 0 saturated heterocycles. The molecule has 0 atom stereocenters. The first kappa shape index (κ1) is 10.1. The zero-order valence-corrected chi connectivity index (χ0v) is 8.38. The van der Waals surface area contributed by atoms with E-state index in [1.54, 1.807) is 6.20 Å². The highest BCUT2D eigenvalue weighted by Crippen LogP contribution is 2.07. The van der Waals surface area contributed by atoms with Gasteiger partial charge in [-0.15, -0.1) is 0 Å². The topological polar surface area (TPSA) is 57.9 Å². The summed E-state index contributed by atoms with van der Waals surface area (Å²) >= 11 is 0. The van der Waals surface area contributed by atoms with Gasteiger partial charge in [0.15, 0.2) is 0 Å². The molecule has 0 aromatic carbocycles. The van der Waals surface area contributed by atoms with Crippen molar-refractivity contribution in [2.24, 2.45) is 0 Å². The van der Waals surface area contributed by atoms with Crippen molar-refractivity contribution < 1.29 is 0 Å². The number of H-pyrrole nitrogens is 1. The number of nitrogens with one attached hydrogen (secondary N) is 1. The van der Waals surface area contributed by atoms with E-state index in [9.17, 15) is 0 Å². The molecular weight excluding hydrogens is 164 g/mol. The van der Waals surface area contributed by atoms with Gasteiger partial charge in [-0.2, -0.15) is 5.10 Å². The fraction of sp³-hybridized carbons (Fsp3) is 0.667. The second kappa shape index (κ2) is 4.87. The van der Waals surface area contributed by atoms with Crippen molar-refractivity contribution >= 4 is 5.69 Å². The average Bonchev–Trinajstić information content (AvgIpc) is 2.54. The van der Waals surface area contributed by atoms with Crippen LogP contribution in [0.5, 0.6) is 0 Å². The molecule has 1 rings (SSSR count). The van der Waals surface area contributed by atoms with Crippen LogP contribution in [0, 0.1) is 0 Å². The number of anilines is 1. The van der Waals surface area contributed by atoms with Crippen LogP contribution >= 0.6 is 0 Å². The zero-order chi connectivity index (χ0) is 9.68. The summed E-state index contributed by atoms with van der Waals surface area (Å²) in [5, 5.41) is 6.79. The van der Waals surface area contributed by atoms with Crippen molar-refractivity contribution in [2.45, 2.75) is 20.3 Å². The molecule has 0 fully saturated rings. The molecule has 0 aliphatic rings. The van der Waals surface area contributed by atoms with Crippen LogP contribution in [-0.4, -0.2) is 34.7 Å². The van der Waals surface area contributed by atoms with Gasteiger partial charge in [-0.3, -0.25) is 5.10 Å². The van der Waals surface area contributed by atoms with Gasteiger partial charge in [0.2, 0.25) is 0 Å². The molecule has 0 amide bonds. The maximum Gasteiger partial charge on any atom is 0.0730 e. The Hall–Kier alpha value is -1.03. The lowest BCUT2D eigenvalue weighted by atomic mass is 10.2. The van der Waals surface area contributed by atoms with Gasteiger partial charge < -0.3 is 10.6 Å². The van der Waals surface area contributed by atoms with Crippen molar-refractivity contribution in [3.8, 4) is 0 Å². The Bertz CT molecular complexity index is 240. The molecule has 1 aromatic rings. The smallest absolute Gasteiger partial charge is 0.0730 e. The van der Waals surface area contributed by atoms with Crippen molar-refractivity contribution in [3.63, 3.8) is 0 Å². The number of aromatic nitrogens is 2. The molecule has 0 spiro atoms. The summed E-state index contributed by atoms with van der Waals surface area (Å²) in [5.74, 6) is 0. The Morgan fingerprint density at radius 1 is 1.46 bits per heavy atom. The number of aromatic amines is 1. The number of likely N-dealkylation sites (N-methyl/N-ethyl adjacent to an activating group) is 1. The van der Waals surface area contributed by atoms with Crippen molar-refractivity contribution in [1.29, 1.82) is 0 Å². The van der Waals surface area contributed by atoms with Crippen LogP contribution in [0.25, 0.3) is 0 Å². The number of nitrogens with two attached hydrogens (primary N) is 1.